The predicted octanol–water partition coefficient (Wildman–Crippen LogP) is 3.41. The van der Waals surface area contributed by atoms with Crippen molar-refractivity contribution >= 4 is 11.7 Å². The summed E-state index contributed by atoms with van der Waals surface area (Å²) < 4.78 is 5.15. The van der Waals surface area contributed by atoms with Gasteiger partial charge in [-0.05, 0) is 30.7 Å². The van der Waals surface area contributed by atoms with E-state index in [0.29, 0.717) is 6.54 Å². The van der Waals surface area contributed by atoms with Gasteiger partial charge < -0.3 is 14.7 Å². The third-order valence-electron chi connectivity index (χ3n) is 3.38. The standard InChI is InChI=1S/C16H25NO3/c1-4-5-6-11-17(12-13(2)16(18)19)14-7-9-15(20-3)10-8-14/h7-10,13H,4-6,11-12H2,1-3H3,(H,18,19). The molecule has 1 N–H and O–H groups in total. The zero-order chi connectivity index (χ0) is 15.0. The van der Waals surface area contributed by atoms with Crippen molar-refractivity contribution in [3.8, 4) is 5.75 Å². The molecule has 0 aliphatic carbocycles. The Morgan fingerprint density at radius 3 is 2.45 bits per heavy atom. The van der Waals surface area contributed by atoms with Crippen LogP contribution in [-0.2, 0) is 4.79 Å². The number of methoxy groups -OCH3 is 1. The Kier molecular flexibility index (Phi) is 6.91. The minimum atomic E-state index is -0.751. The fourth-order valence-electron chi connectivity index (χ4n) is 2.08. The first-order valence-corrected chi connectivity index (χ1v) is 7.20. The summed E-state index contributed by atoms with van der Waals surface area (Å²) in [6.45, 7) is 5.33. The van der Waals surface area contributed by atoms with Crippen LogP contribution >= 0.6 is 0 Å². The molecular formula is C16H25NO3. The van der Waals surface area contributed by atoms with Crippen LogP contribution in [0.1, 0.15) is 33.1 Å². The van der Waals surface area contributed by atoms with Crippen LogP contribution in [0.4, 0.5) is 5.69 Å². The molecular weight excluding hydrogens is 254 g/mol. The number of hydrogen-bond donors (Lipinski definition) is 1. The molecule has 4 heteroatoms. The number of aliphatic carboxylic acids is 1. The molecule has 4 nitrogen and oxygen atoms in total. The highest BCUT2D eigenvalue weighted by Crippen LogP contribution is 2.21. The molecule has 0 saturated heterocycles. The van der Waals surface area contributed by atoms with Gasteiger partial charge in [-0.1, -0.05) is 26.7 Å². The van der Waals surface area contributed by atoms with E-state index in [-0.39, 0.29) is 5.92 Å². The van der Waals surface area contributed by atoms with Gasteiger partial charge in [-0.3, -0.25) is 4.79 Å². The number of carboxylic acids is 1. The Labute approximate surface area is 121 Å². The van der Waals surface area contributed by atoms with E-state index >= 15 is 0 Å². The number of anilines is 1. The van der Waals surface area contributed by atoms with E-state index in [1.165, 1.54) is 0 Å². The summed E-state index contributed by atoms with van der Waals surface area (Å²) in [4.78, 5) is 13.2. The van der Waals surface area contributed by atoms with E-state index in [1.807, 2.05) is 24.3 Å². The summed E-state index contributed by atoms with van der Waals surface area (Å²) in [5.41, 5.74) is 1.05. The van der Waals surface area contributed by atoms with Crippen LogP contribution in [0, 0.1) is 5.92 Å². The molecule has 1 unspecified atom stereocenters. The molecule has 20 heavy (non-hydrogen) atoms. The quantitative estimate of drug-likeness (QED) is 0.704. The maximum atomic E-state index is 11.0. The van der Waals surface area contributed by atoms with Crippen molar-refractivity contribution < 1.29 is 14.6 Å². The maximum Gasteiger partial charge on any atom is 0.308 e. The minimum Gasteiger partial charge on any atom is -0.497 e. The van der Waals surface area contributed by atoms with Crippen LogP contribution in [-0.4, -0.2) is 31.3 Å². The fourth-order valence-corrected chi connectivity index (χ4v) is 2.08. The lowest BCUT2D eigenvalue weighted by atomic mass is 10.1. The van der Waals surface area contributed by atoms with Gasteiger partial charge in [-0.15, -0.1) is 0 Å². The Morgan fingerprint density at radius 2 is 1.95 bits per heavy atom. The van der Waals surface area contributed by atoms with Crippen LogP contribution in [0.5, 0.6) is 5.75 Å². The number of unbranched alkanes of at least 4 members (excludes halogenated alkanes) is 2. The van der Waals surface area contributed by atoms with E-state index in [0.717, 1.165) is 37.2 Å². The second-order valence-electron chi connectivity index (χ2n) is 5.09. The van der Waals surface area contributed by atoms with E-state index in [2.05, 4.69) is 11.8 Å². The SMILES string of the molecule is CCCCCN(CC(C)C(=O)O)c1ccc(OC)cc1. The molecule has 0 aliphatic rings. The van der Waals surface area contributed by atoms with Gasteiger partial charge in [-0.2, -0.15) is 0 Å². The average molecular weight is 279 g/mol. The third-order valence-corrected chi connectivity index (χ3v) is 3.38. The van der Waals surface area contributed by atoms with Gasteiger partial charge in [0.1, 0.15) is 5.75 Å². The molecule has 1 aromatic rings. The number of carbonyl (C=O) groups is 1. The topological polar surface area (TPSA) is 49.8 Å². The molecule has 0 amide bonds. The second-order valence-corrected chi connectivity index (χ2v) is 5.09. The minimum absolute atomic E-state index is 0.376. The Balaban J connectivity index is 2.75. The van der Waals surface area contributed by atoms with Crippen molar-refractivity contribution in [3.63, 3.8) is 0 Å². The van der Waals surface area contributed by atoms with Gasteiger partial charge in [0.2, 0.25) is 0 Å². The summed E-state index contributed by atoms with van der Waals surface area (Å²) in [6, 6.07) is 7.79. The lowest BCUT2D eigenvalue weighted by molar-refractivity contribution is -0.140. The second kappa shape index (κ2) is 8.46. The largest absolute Gasteiger partial charge is 0.497 e. The van der Waals surface area contributed by atoms with Gasteiger partial charge in [0.25, 0.3) is 0 Å². The lowest BCUT2D eigenvalue weighted by Crippen LogP contribution is -2.32. The first-order chi connectivity index (χ1) is 9.58. The molecule has 0 aliphatic heterocycles. The van der Waals surface area contributed by atoms with Crippen molar-refractivity contribution in [3.05, 3.63) is 24.3 Å². The molecule has 1 atom stereocenters. The molecule has 0 saturated carbocycles. The molecule has 0 spiro atoms. The van der Waals surface area contributed by atoms with Crippen molar-refractivity contribution in [1.29, 1.82) is 0 Å². The highest BCUT2D eigenvalue weighted by Gasteiger charge is 2.16. The fraction of sp³-hybridized carbons (Fsp3) is 0.562. The summed E-state index contributed by atoms with van der Waals surface area (Å²) >= 11 is 0. The van der Waals surface area contributed by atoms with Crippen molar-refractivity contribution in [1.82, 2.24) is 0 Å². The summed E-state index contributed by atoms with van der Waals surface area (Å²) in [7, 11) is 1.64. The van der Waals surface area contributed by atoms with Crippen LogP contribution in [0.3, 0.4) is 0 Å². The number of ether oxygens (including phenoxy) is 1. The maximum absolute atomic E-state index is 11.0. The highest BCUT2D eigenvalue weighted by atomic mass is 16.5. The molecule has 0 heterocycles. The Hall–Kier alpha value is -1.71. The first kappa shape index (κ1) is 16.3. The number of nitrogens with zero attached hydrogens (tertiary/aromatic N) is 1. The van der Waals surface area contributed by atoms with E-state index in [9.17, 15) is 4.79 Å². The molecule has 1 aromatic carbocycles. The highest BCUT2D eigenvalue weighted by molar-refractivity contribution is 5.70. The van der Waals surface area contributed by atoms with Gasteiger partial charge in [0, 0.05) is 18.8 Å². The summed E-state index contributed by atoms with van der Waals surface area (Å²) in [6.07, 6.45) is 3.40. The van der Waals surface area contributed by atoms with Crippen LogP contribution in [0.25, 0.3) is 0 Å². The molecule has 1 rings (SSSR count). The van der Waals surface area contributed by atoms with Crippen LogP contribution in [0.15, 0.2) is 24.3 Å². The molecule has 0 radical (unpaired) electrons. The zero-order valence-electron chi connectivity index (χ0n) is 12.6. The molecule has 112 valence electrons. The number of rotatable bonds is 9. The van der Waals surface area contributed by atoms with Crippen molar-refractivity contribution in [2.45, 2.75) is 33.1 Å². The van der Waals surface area contributed by atoms with Crippen molar-refractivity contribution in [2.24, 2.45) is 5.92 Å². The predicted molar refractivity (Wildman–Crippen MR) is 81.5 cm³/mol. The Morgan fingerprint density at radius 1 is 1.30 bits per heavy atom. The average Bonchev–Trinajstić information content (AvgIpc) is 2.46. The van der Waals surface area contributed by atoms with E-state index in [4.69, 9.17) is 9.84 Å². The van der Waals surface area contributed by atoms with Crippen LogP contribution in [0.2, 0.25) is 0 Å². The monoisotopic (exact) mass is 279 g/mol. The molecule has 0 bridgehead atoms. The number of carboxylic acid groups (broad SMARTS) is 1. The van der Waals surface area contributed by atoms with Crippen LogP contribution < -0.4 is 9.64 Å². The van der Waals surface area contributed by atoms with Gasteiger partial charge in [0.15, 0.2) is 0 Å². The summed E-state index contributed by atoms with van der Waals surface area (Å²) in [5, 5.41) is 9.08. The zero-order valence-corrected chi connectivity index (χ0v) is 12.6. The van der Waals surface area contributed by atoms with E-state index < -0.39 is 5.97 Å². The summed E-state index contributed by atoms with van der Waals surface area (Å²) in [5.74, 6) is -0.314. The molecule has 0 aromatic heterocycles. The third kappa shape index (κ3) is 5.11. The van der Waals surface area contributed by atoms with Gasteiger partial charge in [0.05, 0.1) is 13.0 Å². The normalized spacial score (nSPS) is 11.9. The van der Waals surface area contributed by atoms with Crippen molar-refractivity contribution in [2.75, 3.05) is 25.1 Å². The lowest BCUT2D eigenvalue weighted by Gasteiger charge is -2.26. The molecule has 0 fully saturated rings. The Bertz CT molecular complexity index is 403. The number of hydrogen-bond acceptors (Lipinski definition) is 3. The van der Waals surface area contributed by atoms with Gasteiger partial charge >= 0.3 is 5.97 Å². The smallest absolute Gasteiger partial charge is 0.308 e. The van der Waals surface area contributed by atoms with E-state index in [1.54, 1.807) is 14.0 Å². The van der Waals surface area contributed by atoms with Gasteiger partial charge in [-0.25, -0.2) is 0 Å². The first-order valence-electron chi connectivity index (χ1n) is 7.20. The number of benzene rings is 1.